The number of nitrogens with one attached hydrogen (secondary N) is 1. The molecule has 1 aromatic heterocycles. The second-order valence-corrected chi connectivity index (χ2v) is 6.13. The maximum atomic E-state index is 12.6. The molecule has 138 valence electrons. The summed E-state index contributed by atoms with van der Waals surface area (Å²) >= 11 is 6.14. The molecule has 3 N–H and O–H groups in total. The van der Waals surface area contributed by atoms with Crippen molar-refractivity contribution in [2.24, 2.45) is 5.73 Å². The van der Waals surface area contributed by atoms with Crippen molar-refractivity contribution >= 4 is 29.1 Å². The SMILES string of the molecule is NC(=O)Cn1cc(NC(=O)c2ccccc2OCc2ccccc2Cl)cn1. The molecule has 27 heavy (non-hydrogen) atoms. The molecule has 0 bridgehead atoms. The first-order valence-electron chi connectivity index (χ1n) is 8.10. The number of aromatic nitrogens is 2. The van der Waals surface area contributed by atoms with Crippen LogP contribution in [0.2, 0.25) is 5.02 Å². The van der Waals surface area contributed by atoms with E-state index < -0.39 is 5.91 Å². The van der Waals surface area contributed by atoms with E-state index >= 15 is 0 Å². The van der Waals surface area contributed by atoms with Crippen molar-refractivity contribution in [2.75, 3.05) is 5.32 Å². The third kappa shape index (κ3) is 4.86. The molecule has 0 atom stereocenters. The summed E-state index contributed by atoms with van der Waals surface area (Å²) in [4.78, 5) is 23.5. The Morgan fingerprint density at radius 1 is 1.15 bits per heavy atom. The summed E-state index contributed by atoms with van der Waals surface area (Å²) in [6.07, 6.45) is 2.96. The van der Waals surface area contributed by atoms with Gasteiger partial charge in [-0.25, -0.2) is 0 Å². The van der Waals surface area contributed by atoms with Gasteiger partial charge in [-0.2, -0.15) is 5.10 Å². The molecule has 0 saturated carbocycles. The van der Waals surface area contributed by atoms with E-state index in [1.807, 2.05) is 18.2 Å². The minimum Gasteiger partial charge on any atom is -0.488 e. The molecule has 0 aliphatic carbocycles. The van der Waals surface area contributed by atoms with E-state index in [4.69, 9.17) is 22.1 Å². The first kappa shape index (κ1) is 18.5. The lowest BCUT2D eigenvalue weighted by molar-refractivity contribution is -0.118. The highest BCUT2D eigenvalue weighted by Gasteiger charge is 2.14. The lowest BCUT2D eigenvalue weighted by Crippen LogP contribution is -2.18. The molecule has 1 heterocycles. The molecule has 0 saturated heterocycles. The predicted octanol–water partition coefficient (Wildman–Crippen LogP) is 2.85. The fraction of sp³-hybridized carbons (Fsp3) is 0.105. The van der Waals surface area contributed by atoms with E-state index in [9.17, 15) is 9.59 Å². The molecule has 7 nitrogen and oxygen atoms in total. The zero-order valence-electron chi connectivity index (χ0n) is 14.3. The van der Waals surface area contributed by atoms with Gasteiger partial charge < -0.3 is 15.8 Å². The Labute approximate surface area is 160 Å². The molecule has 2 amide bonds. The molecule has 0 spiro atoms. The predicted molar refractivity (Wildman–Crippen MR) is 102 cm³/mol. The van der Waals surface area contributed by atoms with Gasteiger partial charge in [-0.15, -0.1) is 0 Å². The normalized spacial score (nSPS) is 10.4. The van der Waals surface area contributed by atoms with Gasteiger partial charge in [0.05, 0.1) is 17.4 Å². The molecule has 0 aliphatic heterocycles. The Kier molecular flexibility index (Phi) is 5.73. The molecule has 0 aliphatic rings. The molecular weight excluding hydrogens is 368 g/mol. The van der Waals surface area contributed by atoms with E-state index in [0.717, 1.165) is 5.56 Å². The maximum Gasteiger partial charge on any atom is 0.259 e. The number of amides is 2. The summed E-state index contributed by atoms with van der Waals surface area (Å²) < 4.78 is 7.14. The van der Waals surface area contributed by atoms with Crippen LogP contribution in [0, 0.1) is 0 Å². The number of rotatable bonds is 7. The van der Waals surface area contributed by atoms with E-state index in [2.05, 4.69) is 10.4 Å². The van der Waals surface area contributed by atoms with Crippen molar-refractivity contribution in [3.63, 3.8) is 0 Å². The van der Waals surface area contributed by atoms with Crippen molar-refractivity contribution in [1.29, 1.82) is 0 Å². The van der Waals surface area contributed by atoms with Gasteiger partial charge in [-0.3, -0.25) is 14.3 Å². The van der Waals surface area contributed by atoms with E-state index in [1.165, 1.54) is 17.1 Å². The number of benzene rings is 2. The Hall–Kier alpha value is -3.32. The first-order valence-corrected chi connectivity index (χ1v) is 8.48. The molecule has 3 aromatic rings. The summed E-state index contributed by atoms with van der Waals surface area (Å²) in [5, 5.41) is 7.29. The number of halogens is 1. The largest absolute Gasteiger partial charge is 0.488 e. The standard InChI is InChI=1S/C19H17ClN4O3/c20-16-7-3-1-5-13(16)12-27-17-8-4-2-6-15(17)19(26)23-14-9-22-24(10-14)11-18(21)25/h1-10H,11-12H2,(H2,21,25)(H,23,26). The van der Waals surface area contributed by atoms with Crippen LogP contribution in [-0.2, 0) is 17.9 Å². The third-order valence-electron chi connectivity index (χ3n) is 3.68. The second kappa shape index (κ2) is 8.37. The van der Waals surface area contributed by atoms with Crippen LogP contribution in [0.1, 0.15) is 15.9 Å². The molecule has 3 rings (SSSR count). The zero-order valence-corrected chi connectivity index (χ0v) is 15.0. The minimum atomic E-state index is -0.519. The van der Waals surface area contributed by atoms with Crippen LogP contribution < -0.4 is 15.8 Å². The molecule has 2 aromatic carbocycles. The number of carbonyl (C=O) groups excluding carboxylic acids is 2. The van der Waals surface area contributed by atoms with Gasteiger partial charge in [0.1, 0.15) is 18.9 Å². The van der Waals surface area contributed by atoms with Gasteiger partial charge in [-0.05, 0) is 18.2 Å². The smallest absolute Gasteiger partial charge is 0.259 e. The topological polar surface area (TPSA) is 99.2 Å². The Bertz CT molecular complexity index is 971. The number of anilines is 1. The van der Waals surface area contributed by atoms with Crippen molar-refractivity contribution in [1.82, 2.24) is 9.78 Å². The molecule has 0 unspecified atom stereocenters. The van der Waals surface area contributed by atoms with Crippen LogP contribution in [0.3, 0.4) is 0 Å². The average Bonchev–Trinajstić information content (AvgIpc) is 3.07. The van der Waals surface area contributed by atoms with Gasteiger partial charge in [0, 0.05) is 16.8 Å². The van der Waals surface area contributed by atoms with Crippen molar-refractivity contribution in [3.8, 4) is 5.75 Å². The Balaban J connectivity index is 1.71. The number of hydrogen-bond donors (Lipinski definition) is 2. The lowest BCUT2D eigenvalue weighted by Gasteiger charge is -2.12. The number of hydrogen-bond acceptors (Lipinski definition) is 4. The van der Waals surface area contributed by atoms with Gasteiger partial charge >= 0.3 is 0 Å². The van der Waals surface area contributed by atoms with E-state index in [0.29, 0.717) is 22.0 Å². The monoisotopic (exact) mass is 384 g/mol. The van der Waals surface area contributed by atoms with Gasteiger partial charge in [-0.1, -0.05) is 41.9 Å². The average molecular weight is 385 g/mol. The van der Waals surface area contributed by atoms with E-state index in [1.54, 1.807) is 30.3 Å². The van der Waals surface area contributed by atoms with Crippen LogP contribution in [0.4, 0.5) is 5.69 Å². The molecule has 0 radical (unpaired) electrons. The van der Waals surface area contributed by atoms with Crippen LogP contribution in [0.5, 0.6) is 5.75 Å². The maximum absolute atomic E-state index is 12.6. The summed E-state index contributed by atoms with van der Waals surface area (Å²) in [5.41, 5.74) is 6.76. The van der Waals surface area contributed by atoms with Crippen molar-refractivity contribution in [3.05, 3.63) is 77.1 Å². The van der Waals surface area contributed by atoms with Crippen LogP contribution in [0.15, 0.2) is 60.9 Å². The number of ether oxygens (including phenoxy) is 1. The summed E-state index contributed by atoms with van der Waals surface area (Å²) in [6.45, 7) is 0.175. The summed E-state index contributed by atoms with van der Waals surface area (Å²) in [5.74, 6) is -0.447. The molecule has 8 heteroatoms. The summed E-state index contributed by atoms with van der Waals surface area (Å²) in [6, 6.07) is 14.2. The van der Waals surface area contributed by atoms with Gasteiger partial charge in [0.25, 0.3) is 5.91 Å². The number of primary amides is 1. The zero-order chi connectivity index (χ0) is 19.2. The Morgan fingerprint density at radius 2 is 1.89 bits per heavy atom. The molecular formula is C19H17ClN4O3. The van der Waals surface area contributed by atoms with Gasteiger partial charge in [0.15, 0.2) is 0 Å². The lowest BCUT2D eigenvalue weighted by atomic mass is 10.2. The van der Waals surface area contributed by atoms with Crippen LogP contribution >= 0.6 is 11.6 Å². The fourth-order valence-corrected chi connectivity index (χ4v) is 2.61. The highest BCUT2D eigenvalue weighted by molar-refractivity contribution is 6.31. The Morgan fingerprint density at radius 3 is 2.67 bits per heavy atom. The summed E-state index contributed by atoms with van der Waals surface area (Å²) in [7, 11) is 0. The number of para-hydroxylation sites is 1. The van der Waals surface area contributed by atoms with Crippen LogP contribution in [0.25, 0.3) is 0 Å². The van der Waals surface area contributed by atoms with Gasteiger partial charge in [0.2, 0.25) is 5.91 Å². The highest BCUT2D eigenvalue weighted by Crippen LogP contribution is 2.23. The minimum absolute atomic E-state index is 0.0621. The quantitative estimate of drug-likeness (QED) is 0.654. The second-order valence-electron chi connectivity index (χ2n) is 5.72. The fourth-order valence-electron chi connectivity index (χ4n) is 2.42. The third-order valence-corrected chi connectivity index (χ3v) is 4.05. The van der Waals surface area contributed by atoms with Crippen LogP contribution in [-0.4, -0.2) is 21.6 Å². The number of nitrogens with two attached hydrogens (primary N) is 1. The number of carbonyl (C=O) groups is 2. The van der Waals surface area contributed by atoms with Crippen molar-refractivity contribution in [2.45, 2.75) is 13.2 Å². The van der Waals surface area contributed by atoms with E-state index in [-0.39, 0.29) is 19.1 Å². The number of nitrogens with zero attached hydrogens (tertiary/aromatic N) is 2. The first-order chi connectivity index (χ1) is 13.0. The highest BCUT2D eigenvalue weighted by atomic mass is 35.5. The molecule has 0 fully saturated rings. The van der Waals surface area contributed by atoms with Crippen molar-refractivity contribution < 1.29 is 14.3 Å².